The molecule has 0 amide bonds. The van der Waals surface area contributed by atoms with Crippen LogP contribution in [0, 0.1) is 0 Å². The molecule has 0 fully saturated rings. The molecule has 0 atom stereocenters. The first kappa shape index (κ1) is 22.8. The molecule has 0 saturated heterocycles. The van der Waals surface area contributed by atoms with Gasteiger partial charge in [0.1, 0.15) is 10.6 Å². The minimum absolute atomic E-state index is 0.0212. The number of carbonyl (C=O) groups excluding carboxylic acids is 1. The first-order valence-corrected chi connectivity index (χ1v) is 12.7. The summed E-state index contributed by atoms with van der Waals surface area (Å²) in [5.74, 6) is 0.708. The molecule has 0 spiro atoms. The number of aromatic nitrogens is 2. The van der Waals surface area contributed by atoms with Crippen LogP contribution in [-0.4, -0.2) is 33.8 Å². The number of Topliss-reactive ketones (excluding diaryl/α,β-unsaturated/α-hetero) is 1. The van der Waals surface area contributed by atoms with E-state index in [9.17, 15) is 9.59 Å². The van der Waals surface area contributed by atoms with Gasteiger partial charge in [-0.3, -0.25) is 14.2 Å². The van der Waals surface area contributed by atoms with E-state index in [0.717, 1.165) is 10.4 Å². The van der Waals surface area contributed by atoms with Crippen molar-refractivity contribution in [3.8, 4) is 11.4 Å². The summed E-state index contributed by atoms with van der Waals surface area (Å²) < 4.78 is 13.1. The third-order valence-corrected chi connectivity index (χ3v) is 7.87. The Balaban J connectivity index is 1.66. The highest BCUT2D eigenvalue weighted by molar-refractivity contribution is 7.99. The predicted molar refractivity (Wildman–Crippen MR) is 136 cm³/mol. The Morgan fingerprint density at radius 3 is 2.68 bits per heavy atom. The Morgan fingerprint density at radius 2 is 1.91 bits per heavy atom. The second-order valence-electron chi connectivity index (χ2n) is 8.69. The molecular formula is C26H24N2O4S2. The smallest absolute Gasteiger partial charge is 0.267 e. The van der Waals surface area contributed by atoms with Gasteiger partial charge in [-0.25, -0.2) is 4.98 Å². The lowest BCUT2D eigenvalue weighted by molar-refractivity contribution is -0.0379. The zero-order valence-corrected chi connectivity index (χ0v) is 20.8. The van der Waals surface area contributed by atoms with Crippen LogP contribution in [0.2, 0.25) is 0 Å². The summed E-state index contributed by atoms with van der Waals surface area (Å²) in [7, 11) is 1.58. The molecule has 0 radical (unpaired) electrons. The van der Waals surface area contributed by atoms with Gasteiger partial charge in [0.2, 0.25) is 0 Å². The van der Waals surface area contributed by atoms with Gasteiger partial charge in [0.25, 0.3) is 5.56 Å². The molecule has 1 aliphatic heterocycles. The van der Waals surface area contributed by atoms with Gasteiger partial charge < -0.3 is 9.47 Å². The van der Waals surface area contributed by atoms with Crippen LogP contribution in [0.25, 0.3) is 15.9 Å². The second kappa shape index (κ2) is 9.02. The summed E-state index contributed by atoms with van der Waals surface area (Å²) in [6, 6.07) is 16.5. The van der Waals surface area contributed by atoms with Gasteiger partial charge in [-0.2, -0.15) is 0 Å². The third kappa shape index (κ3) is 4.17. The molecule has 6 nitrogen and oxygen atoms in total. The Labute approximate surface area is 205 Å². The minimum atomic E-state index is -0.349. The molecule has 0 saturated carbocycles. The molecule has 0 N–H and O–H groups in total. The molecule has 2 aromatic carbocycles. The topological polar surface area (TPSA) is 70.4 Å². The molecular weight excluding hydrogens is 468 g/mol. The number of rotatable bonds is 6. The summed E-state index contributed by atoms with van der Waals surface area (Å²) in [6.45, 7) is 4.53. The second-order valence-corrected chi connectivity index (χ2v) is 10.7. The Hall–Kier alpha value is -2.94. The summed E-state index contributed by atoms with van der Waals surface area (Å²) in [6.07, 6.45) is 0.643. The summed E-state index contributed by atoms with van der Waals surface area (Å²) in [4.78, 5) is 33.4. The number of hydrogen-bond donors (Lipinski definition) is 0. The van der Waals surface area contributed by atoms with Crippen LogP contribution in [-0.2, 0) is 17.8 Å². The van der Waals surface area contributed by atoms with Gasteiger partial charge in [-0.1, -0.05) is 54.2 Å². The molecule has 4 aromatic rings. The molecule has 2 aromatic heterocycles. The van der Waals surface area contributed by atoms with E-state index in [1.54, 1.807) is 23.8 Å². The molecule has 0 unspecified atom stereocenters. The van der Waals surface area contributed by atoms with E-state index < -0.39 is 0 Å². The molecule has 1 aliphatic rings. The van der Waals surface area contributed by atoms with Crippen LogP contribution in [0.4, 0.5) is 0 Å². The van der Waals surface area contributed by atoms with Crippen molar-refractivity contribution in [1.29, 1.82) is 0 Å². The molecule has 0 bridgehead atoms. The standard InChI is InChI=1S/C26H24N2O4S2/c1-26(2)13-17-21(14-32-26)34-23-22(17)24(30)28(18-11-7-8-12-20(18)31-3)25(27-23)33-15-19(29)16-9-5-4-6-10-16/h4-12H,13-15H2,1-3H3. The van der Waals surface area contributed by atoms with Crippen molar-refractivity contribution in [2.24, 2.45) is 0 Å². The van der Waals surface area contributed by atoms with Crippen molar-refractivity contribution in [2.45, 2.75) is 37.6 Å². The van der Waals surface area contributed by atoms with Crippen LogP contribution in [0.1, 0.15) is 34.6 Å². The van der Waals surface area contributed by atoms with Crippen molar-refractivity contribution in [3.63, 3.8) is 0 Å². The maximum atomic E-state index is 14.0. The van der Waals surface area contributed by atoms with Crippen molar-refractivity contribution >= 4 is 39.1 Å². The lowest BCUT2D eigenvalue weighted by atomic mass is 9.94. The van der Waals surface area contributed by atoms with Crippen LogP contribution in [0.15, 0.2) is 64.5 Å². The first-order valence-electron chi connectivity index (χ1n) is 10.9. The van der Waals surface area contributed by atoms with Crippen LogP contribution in [0.5, 0.6) is 5.75 Å². The minimum Gasteiger partial charge on any atom is -0.495 e. The van der Waals surface area contributed by atoms with Crippen molar-refractivity contribution in [2.75, 3.05) is 12.9 Å². The fourth-order valence-corrected chi connectivity index (χ4v) is 6.18. The summed E-state index contributed by atoms with van der Waals surface area (Å²) in [5, 5.41) is 1.09. The molecule has 3 heterocycles. The van der Waals surface area contributed by atoms with E-state index in [2.05, 4.69) is 0 Å². The number of hydrogen-bond acceptors (Lipinski definition) is 7. The highest BCUT2D eigenvalue weighted by Crippen LogP contribution is 2.38. The van der Waals surface area contributed by atoms with Crippen molar-refractivity contribution < 1.29 is 14.3 Å². The van der Waals surface area contributed by atoms with E-state index in [1.807, 2.05) is 56.3 Å². The van der Waals surface area contributed by atoms with E-state index in [0.29, 0.717) is 45.4 Å². The van der Waals surface area contributed by atoms with E-state index >= 15 is 0 Å². The summed E-state index contributed by atoms with van der Waals surface area (Å²) >= 11 is 2.76. The average Bonchev–Trinajstić information content (AvgIpc) is 3.19. The van der Waals surface area contributed by atoms with Crippen LogP contribution in [0.3, 0.4) is 0 Å². The average molecular weight is 493 g/mol. The van der Waals surface area contributed by atoms with E-state index in [-0.39, 0.29) is 22.7 Å². The maximum absolute atomic E-state index is 14.0. The van der Waals surface area contributed by atoms with Gasteiger partial charge >= 0.3 is 0 Å². The highest BCUT2D eigenvalue weighted by atomic mass is 32.2. The molecule has 5 rings (SSSR count). The third-order valence-electron chi connectivity index (χ3n) is 5.83. The SMILES string of the molecule is COc1ccccc1-n1c(SCC(=O)c2ccccc2)nc2sc3c(c2c1=O)CC(C)(C)OC3. The number of ether oxygens (including phenoxy) is 2. The summed E-state index contributed by atoms with van der Waals surface area (Å²) in [5.41, 5.74) is 1.74. The lowest BCUT2D eigenvalue weighted by Gasteiger charge is -2.30. The number of nitrogens with zero attached hydrogens (tertiary/aromatic N) is 2. The number of carbonyl (C=O) groups is 1. The van der Waals surface area contributed by atoms with Gasteiger partial charge in [-0.15, -0.1) is 11.3 Å². The Bertz CT molecular complexity index is 1440. The number of benzene rings is 2. The highest BCUT2D eigenvalue weighted by Gasteiger charge is 2.32. The van der Waals surface area contributed by atoms with Crippen molar-refractivity contribution in [3.05, 3.63) is 81.0 Å². The number of thioether (sulfide) groups is 1. The monoisotopic (exact) mass is 492 g/mol. The van der Waals surface area contributed by atoms with E-state index in [1.165, 1.54) is 23.1 Å². The molecule has 0 aliphatic carbocycles. The fourth-order valence-electron chi connectivity index (χ4n) is 4.14. The lowest BCUT2D eigenvalue weighted by Crippen LogP contribution is -2.32. The van der Waals surface area contributed by atoms with Crippen LogP contribution < -0.4 is 10.3 Å². The van der Waals surface area contributed by atoms with Gasteiger partial charge in [0.05, 0.1) is 36.1 Å². The number of thiophene rings is 1. The quantitative estimate of drug-likeness (QED) is 0.207. The number of ketones is 1. The van der Waals surface area contributed by atoms with Gasteiger partial charge in [-0.05, 0) is 31.5 Å². The van der Waals surface area contributed by atoms with Gasteiger partial charge in [0.15, 0.2) is 10.9 Å². The molecule has 8 heteroatoms. The molecule has 174 valence electrons. The zero-order valence-electron chi connectivity index (χ0n) is 19.2. The number of methoxy groups -OCH3 is 1. The molecule has 34 heavy (non-hydrogen) atoms. The van der Waals surface area contributed by atoms with Crippen molar-refractivity contribution in [1.82, 2.24) is 9.55 Å². The zero-order chi connectivity index (χ0) is 23.9. The Morgan fingerprint density at radius 1 is 1.18 bits per heavy atom. The predicted octanol–water partition coefficient (Wildman–Crippen LogP) is 5.28. The number of para-hydroxylation sites is 2. The first-order chi connectivity index (χ1) is 16.4. The van der Waals surface area contributed by atoms with Gasteiger partial charge in [0, 0.05) is 16.9 Å². The van der Waals surface area contributed by atoms with E-state index in [4.69, 9.17) is 14.5 Å². The largest absolute Gasteiger partial charge is 0.495 e. The fraction of sp³-hybridized carbons (Fsp3) is 0.269. The Kier molecular flexibility index (Phi) is 6.06. The normalized spacial score (nSPS) is 14.7. The maximum Gasteiger partial charge on any atom is 0.267 e. The van der Waals surface area contributed by atoms with Crippen LogP contribution >= 0.6 is 23.1 Å². The number of fused-ring (bicyclic) bond motifs is 3.